The van der Waals surface area contributed by atoms with Gasteiger partial charge in [0.1, 0.15) is 0 Å². The largest absolute Gasteiger partial charge is 0.469 e. The normalized spacial score (nSPS) is 12.4. The zero-order valence-corrected chi connectivity index (χ0v) is 14.1. The number of sulfonamides is 1. The van der Waals surface area contributed by atoms with Crippen LogP contribution in [0.2, 0.25) is 0 Å². The van der Waals surface area contributed by atoms with E-state index in [2.05, 4.69) is 9.46 Å². The lowest BCUT2D eigenvalue weighted by Crippen LogP contribution is -2.30. The van der Waals surface area contributed by atoms with Crippen LogP contribution in [0.3, 0.4) is 0 Å². The molecular weight excluding hydrogens is 348 g/mol. The van der Waals surface area contributed by atoms with Crippen LogP contribution in [-0.2, 0) is 19.6 Å². The van der Waals surface area contributed by atoms with Crippen LogP contribution in [0, 0.1) is 10.1 Å². The Morgan fingerprint density at radius 3 is 2.48 bits per heavy atom. The van der Waals surface area contributed by atoms with E-state index in [-0.39, 0.29) is 17.0 Å². The van der Waals surface area contributed by atoms with Crippen molar-refractivity contribution in [3.8, 4) is 0 Å². The van der Waals surface area contributed by atoms with Gasteiger partial charge < -0.3 is 4.74 Å². The number of esters is 1. The number of nitro groups is 1. The Morgan fingerprint density at radius 1 is 1.20 bits per heavy atom. The number of carbonyl (C=O) groups excluding carboxylic acids is 1. The van der Waals surface area contributed by atoms with E-state index in [4.69, 9.17) is 0 Å². The summed E-state index contributed by atoms with van der Waals surface area (Å²) < 4.78 is 32.2. The molecule has 2 rings (SSSR count). The van der Waals surface area contributed by atoms with Gasteiger partial charge in [0.15, 0.2) is 0 Å². The van der Waals surface area contributed by atoms with Crippen LogP contribution in [0.1, 0.15) is 18.0 Å². The monoisotopic (exact) mass is 364 g/mol. The van der Waals surface area contributed by atoms with Crippen molar-refractivity contribution in [1.82, 2.24) is 4.72 Å². The summed E-state index contributed by atoms with van der Waals surface area (Å²) >= 11 is 0. The molecule has 0 fully saturated rings. The minimum atomic E-state index is -4.08. The summed E-state index contributed by atoms with van der Waals surface area (Å²) in [7, 11) is -2.87. The van der Waals surface area contributed by atoms with Crippen molar-refractivity contribution >= 4 is 21.7 Å². The predicted molar refractivity (Wildman–Crippen MR) is 89.2 cm³/mol. The first-order valence-electron chi connectivity index (χ1n) is 7.22. The summed E-state index contributed by atoms with van der Waals surface area (Å²) in [6, 6.07) is 12.3. The Labute approximate surface area is 144 Å². The third-order valence-electron chi connectivity index (χ3n) is 3.44. The number of methoxy groups -OCH3 is 1. The van der Waals surface area contributed by atoms with Crippen molar-refractivity contribution in [2.24, 2.45) is 0 Å². The average molecular weight is 364 g/mol. The number of ether oxygens (including phenoxy) is 1. The van der Waals surface area contributed by atoms with E-state index in [1.165, 1.54) is 25.3 Å². The number of nitrogens with one attached hydrogen (secondary N) is 1. The lowest BCUT2D eigenvalue weighted by atomic mass is 10.1. The first-order chi connectivity index (χ1) is 11.8. The van der Waals surface area contributed by atoms with Crippen LogP contribution in [0.4, 0.5) is 5.69 Å². The molecule has 0 amide bonds. The number of hydrogen-bond acceptors (Lipinski definition) is 6. The molecule has 1 atom stereocenters. The van der Waals surface area contributed by atoms with E-state index >= 15 is 0 Å². The summed E-state index contributed by atoms with van der Waals surface area (Å²) in [5.74, 6) is -0.587. The van der Waals surface area contributed by atoms with Gasteiger partial charge in [0, 0.05) is 12.1 Å². The minimum absolute atomic E-state index is 0.214. The molecule has 2 aromatic rings. The molecular formula is C16H16N2O6S. The van der Waals surface area contributed by atoms with Gasteiger partial charge in [-0.2, -0.15) is 0 Å². The highest BCUT2D eigenvalue weighted by atomic mass is 32.2. The number of nitro benzene ring substituents is 1. The molecule has 0 aliphatic carbocycles. The molecule has 9 heteroatoms. The third-order valence-corrected chi connectivity index (χ3v) is 4.91. The molecule has 8 nitrogen and oxygen atoms in total. The molecule has 0 spiro atoms. The van der Waals surface area contributed by atoms with E-state index in [0.29, 0.717) is 5.56 Å². The zero-order valence-electron chi connectivity index (χ0n) is 13.3. The number of nitrogens with zero attached hydrogens (tertiary/aromatic N) is 1. The van der Waals surface area contributed by atoms with Gasteiger partial charge in [-0.3, -0.25) is 14.9 Å². The van der Waals surface area contributed by atoms with Gasteiger partial charge in [-0.15, -0.1) is 0 Å². The predicted octanol–water partition coefficient (Wildman–Crippen LogP) is 2.18. The lowest BCUT2D eigenvalue weighted by Gasteiger charge is -2.18. The van der Waals surface area contributed by atoms with Gasteiger partial charge in [0.2, 0.25) is 10.0 Å². The molecule has 0 saturated carbocycles. The number of non-ortho nitro benzene ring substituents is 1. The van der Waals surface area contributed by atoms with E-state index in [1.54, 1.807) is 30.3 Å². The second kappa shape index (κ2) is 7.86. The van der Waals surface area contributed by atoms with Gasteiger partial charge in [-0.25, -0.2) is 13.1 Å². The summed E-state index contributed by atoms with van der Waals surface area (Å²) in [6.45, 7) is 0. The second-order valence-corrected chi connectivity index (χ2v) is 6.83. The highest BCUT2D eigenvalue weighted by Gasteiger charge is 2.25. The van der Waals surface area contributed by atoms with Crippen LogP contribution in [-0.4, -0.2) is 26.4 Å². The van der Waals surface area contributed by atoms with E-state index in [0.717, 1.165) is 6.07 Å². The zero-order chi connectivity index (χ0) is 18.4. The molecule has 0 bridgehead atoms. The minimum Gasteiger partial charge on any atom is -0.469 e. The van der Waals surface area contributed by atoms with Crippen LogP contribution in [0.5, 0.6) is 0 Å². The molecule has 0 radical (unpaired) electrons. The molecule has 0 heterocycles. The van der Waals surface area contributed by atoms with Gasteiger partial charge in [-0.05, 0) is 11.6 Å². The van der Waals surface area contributed by atoms with Gasteiger partial charge in [0.05, 0.1) is 29.4 Å². The Bertz CT molecular complexity index is 867. The fourth-order valence-electron chi connectivity index (χ4n) is 2.18. The highest BCUT2D eigenvalue weighted by Crippen LogP contribution is 2.23. The average Bonchev–Trinajstić information content (AvgIpc) is 2.61. The fraction of sp³-hybridized carbons (Fsp3) is 0.188. The molecule has 25 heavy (non-hydrogen) atoms. The van der Waals surface area contributed by atoms with Gasteiger partial charge in [-0.1, -0.05) is 36.4 Å². The summed E-state index contributed by atoms with van der Waals surface area (Å²) in [6.07, 6.45) is -0.214. The van der Waals surface area contributed by atoms with Gasteiger partial charge >= 0.3 is 5.97 Å². The standard InChI is InChI=1S/C16H16N2O6S/c1-24-16(19)11-15(12-6-3-2-4-7-12)17-25(22,23)14-9-5-8-13(10-14)18(20)21/h2-10,15,17H,11H2,1H3. The molecule has 0 saturated heterocycles. The van der Waals surface area contributed by atoms with Gasteiger partial charge in [0.25, 0.3) is 5.69 Å². The smallest absolute Gasteiger partial charge is 0.307 e. The first kappa shape index (κ1) is 18.6. The molecule has 2 aromatic carbocycles. The van der Waals surface area contributed by atoms with Crippen molar-refractivity contribution in [2.45, 2.75) is 17.4 Å². The first-order valence-corrected chi connectivity index (χ1v) is 8.70. The molecule has 1 unspecified atom stereocenters. The number of hydrogen-bond donors (Lipinski definition) is 1. The summed E-state index contributed by atoms with van der Waals surface area (Å²) in [5, 5.41) is 10.8. The van der Waals surface area contributed by atoms with E-state index in [9.17, 15) is 23.3 Å². The number of rotatable bonds is 7. The third kappa shape index (κ3) is 4.85. The van der Waals surface area contributed by atoms with E-state index < -0.39 is 27.0 Å². The SMILES string of the molecule is COC(=O)CC(NS(=O)(=O)c1cccc([N+](=O)[O-])c1)c1ccccc1. The molecule has 1 N–H and O–H groups in total. The van der Waals surface area contributed by atoms with Crippen LogP contribution >= 0.6 is 0 Å². The van der Waals surface area contributed by atoms with Crippen molar-refractivity contribution in [3.05, 3.63) is 70.3 Å². The highest BCUT2D eigenvalue weighted by molar-refractivity contribution is 7.89. The maximum atomic E-state index is 12.6. The second-order valence-electron chi connectivity index (χ2n) is 5.12. The molecule has 0 aromatic heterocycles. The topological polar surface area (TPSA) is 116 Å². The van der Waals surface area contributed by atoms with Crippen LogP contribution < -0.4 is 4.72 Å². The number of benzene rings is 2. The fourth-order valence-corrected chi connectivity index (χ4v) is 3.45. The van der Waals surface area contributed by atoms with Crippen LogP contribution in [0.15, 0.2) is 59.5 Å². The Morgan fingerprint density at radius 2 is 1.88 bits per heavy atom. The van der Waals surface area contributed by atoms with Crippen LogP contribution in [0.25, 0.3) is 0 Å². The maximum absolute atomic E-state index is 12.6. The number of carbonyl (C=O) groups is 1. The Hall–Kier alpha value is -2.78. The van der Waals surface area contributed by atoms with Crippen molar-refractivity contribution in [1.29, 1.82) is 0 Å². The van der Waals surface area contributed by atoms with E-state index in [1.807, 2.05) is 0 Å². The summed E-state index contributed by atoms with van der Waals surface area (Å²) in [5.41, 5.74) is 0.231. The van der Waals surface area contributed by atoms with Crippen molar-refractivity contribution in [3.63, 3.8) is 0 Å². The Balaban J connectivity index is 2.35. The molecule has 0 aliphatic rings. The lowest BCUT2D eigenvalue weighted by molar-refractivity contribution is -0.385. The maximum Gasteiger partial charge on any atom is 0.307 e. The quantitative estimate of drug-likeness (QED) is 0.457. The molecule has 0 aliphatic heterocycles. The Kier molecular flexibility index (Phi) is 5.84. The summed E-state index contributed by atoms with van der Waals surface area (Å²) in [4.78, 5) is 21.5. The van der Waals surface area contributed by atoms with Crippen molar-refractivity contribution in [2.75, 3.05) is 7.11 Å². The molecule has 132 valence electrons. The van der Waals surface area contributed by atoms with Crippen molar-refractivity contribution < 1.29 is 22.9 Å².